The molecular weight excluding hydrogens is 412 g/mol. The van der Waals surface area contributed by atoms with Crippen molar-refractivity contribution in [2.45, 2.75) is 11.9 Å². The molecule has 0 aromatic carbocycles. The number of hydrogen-bond acceptors (Lipinski definition) is 9. The van der Waals surface area contributed by atoms with Crippen LogP contribution in [0.5, 0.6) is 0 Å². The number of aromatic nitrogens is 5. The minimum absolute atomic E-state index is 0.0540. The lowest BCUT2D eigenvalue weighted by atomic mass is 10.3. The molecule has 154 valence electrons. The smallest absolute Gasteiger partial charge is 0.332 e. The minimum atomic E-state index is -0.547. The van der Waals surface area contributed by atoms with E-state index in [0.717, 1.165) is 16.3 Å². The molecule has 1 N–H and O–H groups in total. The molecule has 4 heterocycles. The zero-order valence-electron chi connectivity index (χ0n) is 16.2. The van der Waals surface area contributed by atoms with Crippen LogP contribution < -0.4 is 16.6 Å². The van der Waals surface area contributed by atoms with Gasteiger partial charge in [-0.15, -0.1) is 0 Å². The molecule has 0 aliphatic heterocycles. The van der Waals surface area contributed by atoms with Gasteiger partial charge in [0.05, 0.1) is 12.0 Å². The molecule has 0 atom stereocenters. The molecule has 0 aliphatic rings. The highest BCUT2D eigenvalue weighted by Crippen LogP contribution is 2.26. The molecule has 0 spiro atoms. The number of hydrogen-bond donors (Lipinski definition) is 1. The van der Waals surface area contributed by atoms with Gasteiger partial charge in [-0.2, -0.15) is 0 Å². The molecule has 4 aromatic heterocycles. The van der Waals surface area contributed by atoms with Gasteiger partial charge in [-0.1, -0.05) is 16.9 Å². The van der Waals surface area contributed by atoms with E-state index in [1.165, 1.54) is 24.9 Å². The van der Waals surface area contributed by atoms with Crippen molar-refractivity contribution < 1.29 is 13.7 Å². The van der Waals surface area contributed by atoms with Crippen molar-refractivity contribution in [3.05, 3.63) is 51.1 Å². The standard InChI is InChI=1S/C18H16N6O5S/c1-9-7-11(22-29-9)19-12(25)8-30-16-13-15(23(2)18(27)24(3)17(13)26)20-14(21-16)10-5-4-6-28-10/h4-7H,8H2,1-3H3,(H,19,22,25). The quantitative estimate of drug-likeness (QED) is 0.368. The number of amides is 1. The Morgan fingerprint density at radius 3 is 2.70 bits per heavy atom. The Morgan fingerprint density at radius 2 is 2.03 bits per heavy atom. The van der Waals surface area contributed by atoms with Crippen LogP contribution in [0.25, 0.3) is 22.6 Å². The summed E-state index contributed by atoms with van der Waals surface area (Å²) in [6.45, 7) is 1.71. The van der Waals surface area contributed by atoms with E-state index in [0.29, 0.717) is 17.3 Å². The van der Waals surface area contributed by atoms with Crippen LogP contribution in [0.3, 0.4) is 0 Å². The Labute approximate surface area is 172 Å². The average Bonchev–Trinajstić information content (AvgIpc) is 3.40. The fraction of sp³-hybridized carbons (Fsp3) is 0.222. The lowest BCUT2D eigenvalue weighted by Gasteiger charge is -2.11. The van der Waals surface area contributed by atoms with Crippen molar-refractivity contribution in [3.63, 3.8) is 0 Å². The Morgan fingerprint density at radius 1 is 1.23 bits per heavy atom. The first-order valence-corrected chi connectivity index (χ1v) is 9.71. The molecule has 4 rings (SSSR count). The van der Waals surface area contributed by atoms with Gasteiger partial charge in [-0.3, -0.25) is 18.7 Å². The minimum Gasteiger partial charge on any atom is -0.461 e. The number of rotatable bonds is 5. The van der Waals surface area contributed by atoms with Crippen molar-refractivity contribution in [1.29, 1.82) is 0 Å². The first kappa shape index (κ1) is 19.6. The molecule has 0 saturated heterocycles. The van der Waals surface area contributed by atoms with E-state index in [2.05, 4.69) is 20.4 Å². The summed E-state index contributed by atoms with van der Waals surface area (Å²) in [6, 6.07) is 4.92. The van der Waals surface area contributed by atoms with Crippen LogP contribution in [0, 0.1) is 6.92 Å². The maximum absolute atomic E-state index is 12.8. The van der Waals surface area contributed by atoms with Crippen molar-refractivity contribution in [3.8, 4) is 11.6 Å². The third-order valence-corrected chi connectivity index (χ3v) is 5.22. The number of nitrogens with zero attached hydrogens (tertiary/aromatic N) is 5. The van der Waals surface area contributed by atoms with Gasteiger partial charge in [0.2, 0.25) is 5.91 Å². The number of thioether (sulfide) groups is 1. The van der Waals surface area contributed by atoms with Crippen LogP contribution in [-0.2, 0) is 18.9 Å². The third-order valence-electron chi connectivity index (χ3n) is 4.24. The second-order valence-electron chi connectivity index (χ2n) is 6.39. The van der Waals surface area contributed by atoms with Gasteiger partial charge < -0.3 is 14.3 Å². The molecular formula is C18H16N6O5S. The third kappa shape index (κ3) is 3.52. The molecule has 0 saturated carbocycles. The summed E-state index contributed by atoms with van der Waals surface area (Å²) in [6.07, 6.45) is 1.46. The first-order chi connectivity index (χ1) is 14.3. The molecule has 0 aliphatic carbocycles. The number of carbonyl (C=O) groups is 1. The van der Waals surface area contributed by atoms with Crippen LogP contribution in [0.4, 0.5) is 5.82 Å². The molecule has 12 heteroatoms. The fourth-order valence-corrected chi connectivity index (χ4v) is 3.60. The van der Waals surface area contributed by atoms with E-state index in [9.17, 15) is 14.4 Å². The largest absolute Gasteiger partial charge is 0.461 e. The van der Waals surface area contributed by atoms with Gasteiger partial charge in [0.25, 0.3) is 5.56 Å². The maximum atomic E-state index is 12.8. The summed E-state index contributed by atoms with van der Waals surface area (Å²) in [5.74, 6) is 1.01. The van der Waals surface area contributed by atoms with Crippen LogP contribution in [0.2, 0.25) is 0 Å². The highest BCUT2D eigenvalue weighted by Gasteiger charge is 2.20. The summed E-state index contributed by atoms with van der Waals surface area (Å²) in [4.78, 5) is 46.2. The normalized spacial score (nSPS) is 11.2. The second kappa shape index (κ2) is 7.63. The Balaban J connectivity index is 1.76. The number of carbonyl (C=O) groups excluding carboxylic acids is 1. The molecule has 0 unspecified atom stereocenters. The molecule has 0 radical (unpaired) electrons. The number of furan rings is 1. The SMILES string of the molecule is Cc1cc(NC(=O)CSc2nc(-c3ccco3)nc3c2c(=O)n(C)c(=O)n3C)no1. The van der Waals surface area contributed by atoms with E-state index in [1.54, 1.807) is 25.1 Å². The van der Waals surface area contributed by atoms with Crippen molar-refractivity contribution >= 4 is 34.5 Å². The monoisotopic (exact) mass is 428 g/mol. The van der Waals surface area contributed by atoms with Crippen molar-refractivity contribution in [1.82, 2.24) is 24.3 Å². The van der Waals surface area contributed by atoms with Crippen LogP contribution in [-0.4, -0.2) is 35.9 Å². The summed E-state index contributed by atoms with van der Waals surface area (Å²) >= 11 is 1.04. The Kier molecular flexibility index (Phi) is 4.99. The number of aryl methyl sites for hydroxylation is 2. The second-order valence-corrected chi connectivity index (χ2v) is 7.36. The summed E-state index contributed by atoms with van der Waals surface area (Å²) in [5.41, 5.74) is -0.916. The lowest BCUT2D eigenvalue weighted by Crippen LogP contribution is -2.37. The maximum Gasteiger partial charge on any atom is 0.332 e. The van der Waals surface area contributed by atoms with Gasteiger partial charge in [-0.25, -0.2) is 14.8 Å². The van der Waals surface area contributed by atoms with Gasteiger partial charge in [0.1, 0.15) is 16.2 Å². The van der Waals surface area contributed by atoms with E-state index in [4.69, 9.17) is 8.94 Å². The molecule has 30 heavy (non-hydrogen) atoms. The predicted molar refractivity (Wildman–Crippen MR) is 108 cm³/mol. The summed E-state index contributed by atoms with van der Waals surface area (Å²) in [5, 5.41) is 6.72. The highest BCUT2D eigenvalue weighted by molar-refractivity contribution is 8.00. The number of anilines is 1. The zero-order chi connectivity index (χ0) is 21.4. The first-order valence-electron chi connectivity index (χ1n) is 8.72. The van der Waals surface area contributed by atoms with Crippen LogP contribution in [0.1, 0.15) is 5.76 Å². The lowest BCUT2D eigenvalue weighted by molar-refractivity contribution is -0.113. The van der Waals surface area contributed by atoms with Gasteiger partial charge in [0.15, 0.2) is 23.0 Å². The van der Waals surface area contributed by atoms with Gasteiger partial charge in [0, 0.05) is 20.2 Å². The van der Waals surface area contributed by atoms with Gasteiger partial charge >= 0.3 is 5.69 Å². The van der Waals surface area contributed by atoms with Gasteiger partial charge in [-0.05, 0) is 19.1 Å². The van der Waals surface area contributed by atoms with Crippen LogP contribution in [0.15, 0.2) is 48.0 Å². The van der Waals surface area contributed by atoms with Crippen molar-refractivity contribution in [2.24, 2.45) is 14.1 Å². The highest BCUT2D eigenvalue weighted by atomic mass is 32.2. The molecule has 0 fully saturated rings. The summed E-state index contributed by atoms with van der Waals surface area (Å²) < 4.78 is 12.5. The fourth-order valence-electron chi connectivity index (χ4n) is 2.79. The molecule has 11 nitrogen and oxygen atoms in total. The summed E-state index contributed by atoms with van der Waals surface area (Å²) in [7, 11) is 2.88. The number of nitrogens with one attached hydrogen (secondary N) is 1. The van der Waals surface area contributed by atoms with Crippen LogP contribution >= 0.6 is 11.8 Å². The molecule has 4 aromatic rings. The number of fused-ring (bicyclic) bond motifs is 1. The van der Waals surface area contributed by atoms with Crippen molar-refractivity contribution in [2.75, 3.05) is 11.1 Å². The Hall–Kier alpha value is -3.67. The van der Waals surface area contributed by atoms with E-state index >= 15 is 0 Å². The molecule has 0 bridgehead atoms. The van der Waals surface area contributed by atoms with E-state index in [-0.39, 0.29) is 33.5 Å². The average molecular weight is 428 g/mol. The van der Waals surface area contributed by atoms with E-state index in [1.807, 2.05) is 0 Å². The zero-order valence-corrected chi connectivity index (χ0v) is 17.0. The predicted octanol–water partition coefficient (Wildman–Crippen LogP) is 1.31. The topological polar surface area (TPSA) is 138 Å². The Bertz CT molecular complexity index is 1370. The van der Waals surface area contributed by atoms with E-state index < -0.39 is 11.2 Å². The molecule has 1 amide bonds.